The first-order chi connectivity index (χ1) is 13.5. The fourth-order valence-electron chi connectivity index (χ4n) is 4.39. The van der Waals surface area contributed by atoms with Crippen molar-refractivity contribution < 1.29 is 23.1 Å². The van der Waals surface area contributed by atoms with E-state index in [9.17, 15) is 23.1 Å². The van der Waals surface area contributed by atoms with Gasteiger partial charge in [0.05, 0.1) is 12.5 Å². The van der Waals surface area contributed by atoms with Crippen LogP contribution in [0.3, 0.4) is 0 Å². The molecule has 2 atom stereocenters. The number of aliphatic hydroxyl groups is 1. The second-order valence-corrected chi connectivity index (χ2v) is 8.57. The molecule has 1 aliphatic heterocycles. The van der Waals surface area contributed by atoms with Crippen molar-refractivity contribution in [3.63, 3.8) is 0 Å². The molecule has 0 aromatic heterocycles. The molecule has 0 spiro atoms. The molecular weight excluding hydrogens is 381 g/mol. The Morgan fingerprint density at radius 1 is 1.14 bits per heavy atom. The van der Waals surface area contributed by atoms with E-state index in [1.54, 1.807) is 30.3 Å². The van der Waals surface area contributed by atoms with Gasteiger partial charge in [0, 0.05) is 11.4 Å². The molecular formula is C22H23F3N2O2. The minimum absolute atomic E-state index is 0.148. The van der Waals surface area contributed by atoms with Crippen molar-refractivity contribution in [2.45, 2.75) is 56.3 Å². The molecule has 4 rings (SSSR count). The maximum absolute atomic E-state index is 14.1. The molecule has 1 heterocycles. The highest BCUT2D eigenvalue weighted by Gasteiger charge is 2.60. The molecule has 2 aromatic rings. The first-order valence-corrected chi connectivity index (χ1v) is 9.59. The highest BCUT2D eigenvalue weighted by atomic mass is 19.4. The van der Waals surface area contributed by atoms with Crippen LogP contribution in [0.5, 0.6) is 0 Å². The second kappa shape index (κ2) is 6.49. The van der Waals surface area contributed by atoms with Crippen molar-refractivity contribution in [2.24, 2.45) is 0 Å². The Kier molecular flexibility index (Phi) is 4.42. The molecule has 2 unspecified atom stereocenters. The van der Waals surface area contributed by atoms with Crippen LogP contribution >= 0.6 is 0 Å². The summed E-state index contributed by atoms with van der Waals surface area (Å²) in [6.07, 6.45) is -4.85. The third kappa shape index (κ3) is 3.27. The van der Waals surface area contributed by atoms with Crippen LogP contribution in [0.2, 0.25) is 0 Å². The summed E-state index contributed by atoms with van der Waals surface area (Å²) >= 11 is 0. The van der Waals surface area contributed by atoms with Crippen LogP contribution in [0.15, 0.2) is 42.5 Å². The van der Waals surface area contributed by atoms with Gasteiger partial charge < -0.3 is 15.7 Å². The minimum atomic E-state index is -4.81. The third-order valence-electron chi connectivity index (χ3n) is 6.14. The van der Waals surface area contributed by atoms with Crippen LogP contribution in [0.1, 0.15) is 49.4 Å². The third-order valence-corrected chi connectivity index (χ3v) is 6.14. The summed E-state index contributed by atoms with van der Waals surface area (Å²) in [6.45, 7) is 3.80. The summed E-state index contributed by atoms with van der Waals surface area (Å²) in [5, 5.41) is 16.6. The van der Waals surface area contributed by atoms with Crippen molar-refractivity contribution in [2.75, 3.05) is 10.6 Å². The summed E-state index contributed by atoms with van der Waals surface area (Å²) in [5.74, 6) is -0.148. The van der Waals surface area contributed by atoms with Crippen molar-refractivity contribution in [3.05, 3.63) is 59.2 Å². The van der Waals surface area contributed by atoms with Gasteiger partial charge in [-0.1, -0.05) is 38.1 Å². The predicted molar refractivity (Wildman–Crippen MR) is 105 cm³/mol. The average Bonchev–Trinajstić information content (AvgIpc) is 2.99. The van der Waals surface area contributed by atoms with Crippen molar-refractivity contribution in [1.82, 2.24) is 0 Å². The molecule has 0 fully saturated rings. The molecule has 29 heavy (non-hydrogen) atoms. The van der Waals surface area contributed by atoms with E-state index in [1.165, 1.54) is 0 Å². The fraction of sp³-hybridized carbons (Fsp3) is 0.409. The van der Waals surface area contributed by atoms with Gasteiger partial charge in [-0.2, -0.15) is 13.2 Å². The predicted octanol–water partition coefficient (Wildman–Crippen LogP) is 4.70. The van der Waals surface area contributed by atoms with Crippen LogP contribution in [-0.2, 0) is 16.6 Å². The number of anilines is 2. The minimum Gasteiger partial charge on any atom is -0.379 e. The summed E-state index contributed by atoms with van der Waals surface area (Å²) in [6, 6.07) is 10.6. The number of rotatable bonds is 2. The molecule has 0 saturated heterocycles. The molecule has 3 N–H and O–H groups in total. The first kappa shape index (κ1) is 19.8. The van der Waals surface area contributed by atoms with Gasteiger partial charge in [-0.25, -0.2) is 0 Å². The number of halogens is 3. The molecule has 7 heteroatoms. The summed E-state index contributed by atoms with van der Waals surface area (Å²) in [7, 11) is 0. The van der Waals surface area contributed by atoms with Gasteiger partial charge in [0.15, 0.2) is 5.60 Å². The quantitative estimate of drug-likeness (QED) is 0.636. The Morgan fingerprint density at radius 2 is 1.86 bits per heavy atom. The van der Waals surface area contributed by atoms with E-state index in [1.807, 2.05) is 26.0 Å². The lowest BCUT2D eigenvalue weighted by Gasteiger charge is -2.38. The fourth-order valence-corrected chi connectivity index (χ4v) is 4.39. The Balaban J connectivity index is 1.82. The zero-order chi connectivity index (χ0) is 21.0. The van der Waals surface area contributed by atoms with Crippen LogP contribution in [-0.4, -0.2) is 22.8 Å². The normalized spacial score (nSPS) is 25.6. The topological polar surface area (TPSA) is 61.4 Å². The molecule has 2 aliphatic rings. The van der Waals surface area contributed by atoms with Gasteiger partial charge in [0.1, 0.15) is 0 Å². The van der Waals surface area contributed by atoms with Gasteiger partial charge in [-0.05, 0) is 53.1 Å². The highest BCUT2D eigenvalue weighted by molar-refractivity contribution is 5.99. The summed E-state index contributed by atoms with van der Waals surface area (Å²) in [4.78, 5) is 11.6. The number of benzene rings is 2. The first-order valence-electron chi connectivity index (χ1n) is 9.59. The largest absolute Gasteiger partial charge is 0.419 e. The van der Waals surface area contributed by atoms with Gasteiger partial charge >= 0.3 is 6.18 Å². The number of hydrogen-bond donors (Lipinski definition) is 3. The molecule has 1 aliphatic carbocycles. The number of hydrogen-bond acceptors (Lipinski definition) is 3. The molecule has 4 nitrogen and oxygen atoms in total. The zero-order valence-electron chi connectivity index (χ0n) is 16.2. The Bertz CT molecular complexity index is 971. The van der Waals surface area contributed by atoms with Crippen LogP contribution in [0.25, 0.3) is 0 Å². The summed E-state index contributed by atoms with van der Waals surface area (Å²) in [5.41, 5.74) is -0.403. The van der Waals surface area contributed by atoms with E-state index >= 15 is 0 Å². The average molecular weight is 404 g/mol. The molecule has 0 saturated carbocycles. The van der Waals surface area contributed by atoms with Gasteiger partial charge in [0.25, 0.3) is 0 Å². The maximum Gasteiger partial charge on any atom is 0.419 e. The van der Waals surface area contributed by atoms with Crippen LogP contribution < -0.4 is 10.6 Å². The lowest BCUT2D eigenvalue weighted by Crippen LogP contribution is -2.52. The molecule has 0 radical (unpaired) electrons. The highest BCUT2D eigenvalue weighted by Crippen LogP contribution is 2.51. The Labute approximate surface area is 167 Å². The van der Waals surface area contributed by atoms with E-state index in [4.69, 9.17) is 0 Å². The number of fused-ring (bicyclic) bond motifs is 2. The van der Waals surface area contributed by atoms with Crippen LogP contribution in [0, 0.1) is 0 Å². The maximum atomic E-state index is 14.1. The van der Waals surface area contributed by atoms with Gasteiger partial charge in [-0.3, -0.25) is 4.79 Å². The van der Waals surface area contributed by atoms with E-state index in [0.717, 1.165) is 11.1 Å². The van der Waals surface area contributed by atoms with E-state index < -0.39 is 29.7 Å². The number of carbonyl (C=O) groups excluding carboxylic acids is 1. The number of amides is 1. The monoisotopic (exact) mass is 404 g/mol. The van der Waals surface area contributed by atoms with Gasteiger partial charge in [0.2, 0.25) is 5.91 Å². The zero-order valence-corrected chi connectivity index (χ0v) is 16.2. The van der Waals surface area contributed by atoms with Crippen molar-refractivity contribution in [1.29, 1.82) is 0 Å². The van der Waals surface area contributed by atoms with Crippen LogP contribution in [0.4, 0.5) is 24.5 Å². The number of alkyl halides is 3. The smallest absolute Gasteiger partial charge is 0.379 e. The number of nitrogens with one attached hydrogen (secondary N) is 2. The van der Waals surface area contributed by atoms with E-state index in [0.29, 0.717) is 16.9 Å². The summed E-state index contributed by atoms with van der Waals surface area (Å²) < 4.78 is 42.4. The Hall–Kier alpha value is -2.54. The van der Waals surface area contributed by atoms with E-state index in [2.05, 4.69) is 10.6 Å². The lowest BCUT2D eigenvalue weighted by molar-refractivity contribution is -0.269. The van der Waals surface area contributed by atoms with Crippen molar-refractivity contribution >= 4 is 17.3 Å². The second-order valence-electron chi connectivity index (χ2n) is 8.57. The molecule has 2 aromatic carbocycles. The SMILES string of the molecule is CC1(C)CCC(O)(C(F)(F)F)C(Nc2ccc3c(c2)CC(=O)N3)c2ccccc21. The Morgan fingerprint density at radius 3 is 2.59 bits per heavy atom. The van der Waals surface area contributed by atoms with Crippen molar-refractivity contribution in [3.8, 4) is 0 Å². The lowest BCUT2D eigenvalue weighted by atomic mass is 9.79. The van der Waals surface area contributed by atoms with Gasteiger partial charge in [-0.15, -0.1) is 0 Å². The standard InChI is InChI=1S/C22H23F3N2O2/c1-20(2)9-10-21(29,22(23,24)25)19(15-5-3-4-6-16(15)20)26-14-7-8-17-13(11-14)12-18(28)27-17/h3-8,11,19,26,29H,9-10,12H2,1-2H3,(H,27,28). The molecule has 0 bridgehead atoms. The number of carbonyl (C=O) groups is 1. The van der Waals surface area contributed by atoms with E-state index in [-0.39, 0.29) is 18.7 Å². The molecule has 154 valence electrons. The molecule has 1 amide bonds.